The molecule has 90 valence electrons. The van der Waals surface area contributed by atoms with Gasteiger partial charge in [0.05, 0.1) is 5.60 Å². The van der Waals surface area contributed by atoms with Gasteiger partial charge in [-0.3, -0.25) is 0 Å². The molecule has 1 unspecified atom stereocenters. The summed E-state index contributed by atoms with van der Waals surface area (Å²) in [6.45, 7) is 12.4. The van der Waals surface area contributed by atoms with Crippen molar-refractivity contribution in [3.05, 3.63) is 35.4 Å². The molecule has 0 bridgehead atoms. The van der Waals surface area contributed by atoms with Crippen LogP contribution < -0.4 is 0 Å². The largest absolute Gasteiger partial charge is 0.385 e. The van der Waals surface area contributed by atoms with Crippen LogP contribution in [0.1, 0.15) is 58.6 Å². The molecule has 0 saturated heterocycles. The Labute approximate surface area is 99.5 Å². The molecule has 1 aromatic carbocycles. The highest BCUT2D eigenvalue weighted by Gasteiger charge is 2.36. The first kappa shape index (κ1) is 13.2. The Morgan fingerprint density at radius 1 is 0.938 bits per heavy atom. The van der Waals surface area contributed by atoms with Crippen LogP contribution in [0.15, 0.2) is 24.3 Å². The number of rotatable bonds is 2. The molecule has 1 heteroatoms. The molecule has 0 radical (unpaired) electrons. The normalized spacial score (nSPS) is 16.2. The summed E-state index contributed by atoms with van der Waals surface area (Å²) in [7, 11) is 0. The van der Waals surface area contributed by atoms with Gasteiger partial charge in [-0.25, -0.2) is 0 Å². The van der Waals surface area contributed by atoms with Crippen molar-refractivity contribution in [2.45, 2.75) is 53.1 Å². The van der Waals surface area contributed by atoms with Crippen molar-refractivity contribution in [2.24, 2.45) is 5.41 Å². The van der Waals surface area contributed by atoms with Crippen LogP contribution >= 0.6 is 0 Å². The van der Waals surface area contributed by atoms with Gasteiger partial charge in [-0.1, -0.05) is 58.9 Å². The molecular formula is C15H24O. The van der Waals surface area contributed by atoms with Gasteiger partial charge in [0.25, 0.3) is 0 Å². The van der Waals surface area contributed by atoms with E-state index in [4.69, 9.17) is 0 Å². The van der Waals surface area contributed by atoms with Crippen LogP contribution in [0.25, 0.3) is 0 Å². The third-order valence-corrected chi connectivity index (χ3v) is 3.60. The van der Waals surface area contributed by atoms with Crippen LogP contribution in [0.5, 0.6) is 0 Å². The zero-order chi connectivity index (χ0) is 12.6. The van der Waals surface area contributed by atoms with E-state index in [9.17, 15) is 5.11 Å². The lowest BCUT2D eigenvalue weighted by Crippen LogP contribution is -2.36. The second kappa shape index (κ2) is 4.21. The molecule has 0 fully saturated rings. The molecule has 0 amide bonds. The van der Waals surface area contributed by atoms with Crippen LogP contribution in [0, 0.1) is 5.41 Å². The summed E-state index contributed by atoms with van der Waals surface area (Å²) in [4.78, 5) is 0. The highest BCUT2D eigenvalue weighted by Crippen LogP contribution is 2.38. The van der Waals surface area contributed by atoms with Gasteiger partial charge in [0.2, 0.25) is 0 Å². The average Bonchev–Trinajstić information content (AvgIpc) is 2.16. The second-order valence-corrected chi connectivity index (χ2v) is 6.10. The van der Waals surface area contributed by atoms with Crippen molar-refractivity contribution in [2.75, 3.05) is 0 Å². The van der Waals surface area contributed by atoms with Gasteiger partial charge in [-0.15, -0.1) is 0 Å². The minimum atomic E-state index is -0.789. The predicted octanol–water partition coefficient (Wildman–Crippen LogP) is 4.06. The predicted molar refractivity (Wildman–Crippen MR) is 69.6 cm³/mol. The number of hydrogen-bond acceptors (Lipinski definition) is 1. The van der Waals surface area contributed by atoms with E-state index in [1.54, 1.807) is 0 Å². The summed E-state index contributed by atoms with van der Waals surface area (Å²) in [6.07, 6.45) is 0. The zero-order valence-corrected chi connectivity index (χ0v) is 11.3. The number of hydrogen-bond donors (Lipinski definition) is 1. The summed E-state index contributed by atoms with van der Waals surface area (Å²) in [5, 5.41) is 10.6. The van der Waals surface area contributed by atoms with Crippen LogP contribution in [-0.2, 0) is 5.60 Å². The van der Waals surface area contributed by atoms with E-state index in [1.165, 1.54) is 5.56 Å². The molecule has 0 spiro atoms. The first-order chi connectivity index (χ1) is 7.16. The summed E-state index contributed by atoms with van der Waals surface area (Å²) in [5.74, 6) is 0.536. The van der Waals surface area contributed by atoms with E-state index >= 15 is 0 Å². The van der Waals surface area contributed by atoms with Gasteiger partial charge < -0.3 is 5.11 Å². The van der Waals surface area contributed by atoms with Crippen molar-refractivity contribution in [3.63, 3.8) is 0 Å². The van der Waals surface area contributed by atoms with E-state index < -0.39 is 5.60 Å². The van der Waals surface area contributed by atoms with Gasteiger partial charge in [0.15, 0.2) is 0 Å². The lowest BCUT2D eigenvalue weighted by atomic mass is 9.73. The minimum absolute atomic E-state index is 0.160. The summed E-state index contributed by atoms with van der Waals surface area (Å²) in [5.41, 5.74) is 1.35. The van der Waals surface area contributed by atoms with Crippen LogP contribution in [0.2, 0.25) is 0 Å². The molecule has 1 aromatic rings. The second-order valence-electron chi connectivity index (χ2n) is 6.10. The fourth-order valence-corrected chi connectivity index (χ4v) is 1.63. The highest BCUT2D eigenvalue weighted by molar-refractivity contribution is 5.29. The number of aliphatic hydroxyl groups is 1. The Morgan fingerprint density at radius 2 is 1.38 bits per heavy atom. The molecular weight excluding hydrogens is 196 g/mol. The standard InChI is InChI=1S/C15H24O/c1-11(2)12-7-9-13(10-8-12)15(6,16)14(3,4)5/h7-11,16H,1-6H3. The van der Waals surface area contributed by atoms with Gasteiger partial charge in [-0.05, 0) is 29.4 Å². The SMILES string of the molecule is CC(C)c1ccc(C(C)(O)C(C)(C)C)cc1. The monoisotopic (exact) mass is 220 g/mol. The molecule has 0 saturated carbocycles. The highest BCUT2D eigenvalue weighted by atomic mass is 16.3. The maximum atomic E-state index is 10.6. The molecule has 1 atom stereocenters. The molecule has 0 aliphatic heterocycles. The third kappa shape index (κ3) is 2.46. The van der Waals surface area contributed by atoms with Crippen LogP contribution in [0.4, 0.5) is 0 Å². The molecule has 0 aliphatic rings. The van der Waals surface area contributed by atoms with Crippen molar-refractivity contribution >= 4 is 0 Å². The molecule has 0 aliphatic carbocycles. The average molecular weight is 220 g/mol. The topological polar surface area (TPSA) is 20.2 Å². The Bertz CT molecular complexity index is 339. The Morgan fingerprint density at radius 3 is 1.69 bits per heavy atom. The Kier molecular flexibility index (Phi) is 3.49. The van der Waals surface area contributed by atoms with E-state index in [-0.39, 0.29) is 5.41 Å². The Hall–Kier alpha value is -0.820. The van der Waals surface area contributed by atoms with Crippen molar-refractivity contribution < 1.29 is 5.11 Å². The lowest BCUT2D eigenvalue weighted by Gasteiger charge is -2.37. The summed E-state index contributed by atoms with van der Waals surface area (Å²) in [6, 6.07) is 8.31. The molecule has 1 rings (SSSR count). The lowest BCUT2D eigenvalue weighted by molar-refractivity contribution is -0.0470. The van der Waals surface area contributed by atoms with Crippen LogP contribution in [-0.4, -0.2) is 5.11 Å². The maximum Gasteiger partial charge on any atom is 0.0916 e. The van der Waals surface area contributed by atoms with E-state index in [2.05, 4.69) is 46.8 Å². The first-order valence-electron chi connectivity index (χ1n) is 5.99. The summed E-state index contributed by atoms with van der Waals surface area (Å²) < 4.78 is 0. The van der Waals surface area contributed by atoms with E-state index in [0.29, 0.717) is 5.92 Å². The third-order valence-electron chi connectivity index (χ3n) is 3.60. The van der Waals surface area contributed by atoms with Crippen molar-refractivity contribution in [1.29, 1.82) is 0 Å². The number of benzene rings is 1. The molecule has 0 aromatic heterocycles. The first-order valence-corrected chi connectivity index (χ1v) is 5.99. The van der Waals surface area contributed by atoms with E-state index in [0.717, 1.165) is 5.56 Å². The zero-order valence-electron chi connectivity index (χ0n) is 11.3. The molecule has 16 heavy (non-hydrogen) atoms. The molecule has 1 N–H and O–H groups in total. The molecule has 1 nitrogen and oxygen atoms in total. The van der Waals surface area contributed by atoms with Crippen molar-refractivity contribution in [1.82, 2.24) is 0 Å². The van der Waals surface area contributed by atoms with Gasteiger partial charge >= 0.3 is 0 Å². The fourth-order valence-electron chi connectivity index (χ4n) is 1.63. The fraction of sp³-hybridized carbons (Fsp3) is 0.600. The van der Waals surface area contributed by atoms with Crippen LogP contribution in [0.3, 0.4) is 0 Å². The van der Waals surface area contributed by atoms with Gasteiger partial charge in [0.1, 0.15) is 0 Å². The Balaban J connectivity index is 3.07. The molecule has 0 heterocycles. The smallest absolute Gasteiger partial charge is 0.0916 e. The maximum absolute atomic E-state index is 10.6. The summed E-state index contributed by atoms with van der Waals surface area (Å²) >= 11 is 0. The quantitative estimate of drug-likeness (QED) is 0.796. The van der Waals surface area contributed by atoms with Gasteiger partial charge in [-0.2, -0.15) is 0 Å². The van der Waals surface area contributed by atoms with Gasteiger partial charge in [0, 0.05) is 0 Å². The van der Waals surface area contributed by atoms with E-state index in [1.807, 2.05) is 19.1 Å². The minimum Gasteiger partial charge on any atom is -0.385 e. The van der Waals surface area contributed by atoms with Crippen molar-refractivity contribution in [3.8, 4) is 0 Å².